The van der Waals surface area contributed by atoms with Crippen LogP contribution < -0.4 is 4.74 Å². The van der Waals surface area contributed by atoms with Gasteiger partial charge < -0.3 is 4.74 Å². The molecule has 2 aromatic heterocycles. The fourth-order valence-corrected chi connectivity index (χ4v) is 1.43. The summed E-state index contributed by atoms with van der Waals surface area (Å²) in [5.41, 5.74) is 0.925. The van der Waals surface area contributed by atoms with E-state index in [-0.39, 0.29) is 5.78 Å². The zero-order chi connectivity index (χ0) is 12.3. The van der Waals surface area contributed by atoms with E-state index in [2.05, 4.69) is 15.0 Å². The van der Waals surface area contributed by atoms with Crippen LogP contribution in [0.1, 0.15) is 17.3 Å². The van der Waals surface area contributed by atoms with E-state index in [4.69, 9.17) is 4.74 Å². The average molecular weight is 229 g/mol. The van der Waals surface area contributed by atoms with Crippen LogP contribution in [0, 0.1) is 0 Å². The molecule has 5 heteroatoms. The summed E-state index contributed by atoms with van der Waals surface area (Å²) in [7, 11) is 1.52. The van der Waals surface area contributed by atoms with Crippen LogP contribution in [-0.4, -0.2) is 27.8 Å². The van der Waals surface area contributed by atoms with Crippen molar-refractivity contribution in [2.24, 2.45) is 0 Å². The second-order valence-corrected chi connectivity index (χ2v) is 3.38. The number of carbonyl (C=O) groups is 1. The lowest BCUT2D eigenvalue weighted by Gasteiger charge is -2.06. The van der Waals surface area contributed by atoms with Crippen LogP contribution in [0.5, 0.6) is 5.88 Å². The zero-order valence-corrected chi connectivity index (χ0v) is 9.54. The van der Waals surface area contributed by atoms with Crippen molar-refractivity contribution in [1.82, 2.24) is 15.0 Å². The molecule has 0 aromatic carbocycles. The Morgan fingerprint density at radius 1 is 1.24 bits per heavy atom. The van der Waals surface area contributed by atoms with Crippen LogP contribution >= 0.6 is 0 Å². The van der Waals surface area contributed by atoms with E-state index in [1.807, 2.05) is 0 Å². The summed E-state index contributed by atoms with van der Waals surface area (Å²) in [5, 5.41) is 0. The van der Waals surface area contributed by atoms with E-state index in [1.54, 1.807) is 30.6 Å². The molecule has 0 aliphatic carbocycles. The minimum absolute atomic E-state index is 0.0809. The van der Waals surface area contributed by atoms with Crippen LogP contribution in [0.25, 0.3) is 11.5 Å². The van der Waals surface area contributed by atoms with Gasteiger partial charge in [0.15, 0.2) is 11.6 Å². The summed E-state index contributed by atoms with van der Waals surface area (Å²) in [6, 6.07) is 5.01. The number of ether oxygens (including phenoxy) is 1. The summed E-state index contributed by atoms with van der Waals surface area (Å²) in [6.45, 7) is 1.48. The van der Waals surface area contributed by atoms with Crippen LogP contribution in [0.2, 0.25) is 0 Å². The van der Waals surface area contributed by atoms with Crippen LogP contribution in [0.15, 0.2) is 30.6 Å². The molecule has 0 aliphatic heterocycles. The van der Waals surface area contributed by atoms with E-state index in [9.17, 15) is 4.79 Å². The van der Waals surface area contributed by atoms with E-state index in [0.29, 0.717) is 23.0 Å². The monoisotopic (exact) mass is 229 g/mol. The van der Waals surface area contributed by atoms with Gasteiger partial charge in [-0.15, -0.1) is 0 Å². The molecule has 0 atom stereocenters. The van der Waals surface area contributed by atoms with Crippen molar-refractivity contribution in [2.75, 3.05) is 7.11 Å². The van der Waals surface area contributed by atoms with Crippen molar-refractivity contribution in [3.8, 4) is 17.4 Å². The zero-order valence-electron chi connectivity index (χ0n) is 9.54. The van der Waals surface area contributed by atoms with Gasteiger partial charge in [-0.2, -0.15) is 0 Å². The summed E-state index contributed by atoms with van der Waals surface area (Å²) in [6.07, 6.45) is 3.21. The van der Waals surface area contributed by atoms with Gasteiger partial charge in [-0.05, 0) is 19.1 Å². The molecule has 0 bridgehead atoms. The fraction of sp³-hybridized carbons (Fsp3) is 0.167. The highest BCUT2D eigenvalue weighted by Crippen LogP contribution is 2.21. The van der Waals surface area contributed by atoms with Gasteiger partial charge >= 0.3 is 0 Å². The Kier molecular flexibility index (Phi) is 3.09. The highest BCUT2D eigenvalue weighted by atomic mass is 16.5. The van der Waals surface area contributed by atoms with Crippen molar-refractivity contribution in [3.63, 3.8) is 0 Å². The highest BCUT2D eigenvalue weighted by Gasteiger charge is 2.14. The molecule has 17 heavy (non-hydrogen) atoms. The number of aromatic nitrogens is 3. The third-order valence-corrected chi connectivity index (χ3v) is 2.24. The van der Waals surface area contributed by atoms with Crippen LogP contribution in [0.4, 0.5) is 0 Å². The molecule has 0 N–H and O–H groups in total. The lowest BCUT2D eigenvalue weighted by Crippen LogP contribution is -2.02. The van der Waals surface area contributed by atoms with E-state index < -0.39 is 0 Å². The number of methoxy groups -OCH3 is 1. The maximum absolute atomic E-state index is 11.5. The largest absolute Gasteiger partial charge is 0.481 e. The van der Waals surface area contributed by atoms with Crippen LogP contribution in [0.3, 0.4) is 0 Å². The first kappa shape index (κ1) is 11.2. The Morgan fingerprint density at radius 3 is 2.53 bits per heavy atom. The smallest absolute Gasteiger partial charge is 0.213 e. The fourth-order valence-electron chi connectivity index (χ4n) is 1.43. The number of nitrogens with zero attached hydrogens (tertiary/aromatic N) is 3. The van der Waals surface area contributed by atoms with Gasteiger partial charge in [0.1, 0.15) is 5.69 Å². The van der Waals surface area contributed by atoms with Crippen molar-refractivity contribution in [2.45, 2.75) is 6.92 Å². The Bertz CT molecular complexity index is 541. The third kappa shape index (κ3) is 2.28. The number of hydrogen-bond acceptors (Lipinski definition) is 5. The molecule has 86 valence electrons. The van der Waals surface area contributed by atoms with Crippen molar-refractivity contribution in [3.05, 3.63) is 36.2 Å². The summed E-state index contributed by atoms with van der Waals surface area (Å²) < 4.78 is 5.03. The minimum Gasteiger partial charge on any atom is -0.481 e. The van der Waals surface area contributed by atoms with Gasteiger partial charge in [-0.1, -0.05) is 0 Å². The summed E-state index contributed by atoms with van der Waals surface area (Å²) >= 11 is 0. The second kappa shape index (κ2) is 4.69. The van der Waals surface area contributed by atoms with Crippen LogP contribution in [-0.2, 0) is 0 Å². The van der Waals surface area contributed by atoms with Crippen molar-refractivity contribution in [1.29, 1.82) is 0 Å². The molecule has 0 saturated carbocycles. The Labute approximate surface area is 98.5 Å². The molecule has 0 radical (unpaired) electrons. The SMILES string of the molecule is COc1ccc(C(C)=O)c(-c2ncccn2)n1. The van der Waals surface area contributed by atoms with E-state index in [0.717, 1.165) is 0 Å². The molecule has 0 fully saturated rings. The number of Topliss-reactive ketones (excluding diaryl/α,β-unsaturated/α-hetero) is 1. The summed E-state index contributed by atoms with van der Waals surface area (Å²) in [4.78, 5) is 23.9. The van der Waals surface area contributed by atoms with E-state index in [1.165, 1.54) is 14.0 Å². The molecule has 0 saturated heterocycles. The molecule has 2 heterocycles. The topological polar surface area (TPSA) is 65.0 Å². The molecule has 2 aromatic rings. The molecule has 0 aliphatic rings. The Morgan fingerprint density at radius 2 is 1.94 bits per heavy atom. The third-order valence-electron chi connectivity index (χ3n) is 2.24. The van der Waals surface area contributed by atoms with Gasteiger partial charge in [0.2, 0.25) is 5.88 Å². The maximum Gasteiger partial charge on any atom is 0.213 e. The lowest BCUT2D eigenvalue weighted by atomic mass is 10.1. The first-order valence-corrected chi connectivity index (χ1v) is 5.05. The average Bonchev–Trinajstić information content (AvgIpc) is 2.39. The molecule has 0 unspecified atom stereocenters. The van der Waals surface area contributed by atoms with Gasteiger partial charge in [0.05, 0.1) is 7.11 Å². The Hall–Kier alpha value is -2.30. The lowest BCUT2D eigenvalue weighted by molar-refractivity contribution is 0.101. The van der Waals surface area contributed by atoms with Gasteiger partial charge in [0.25, 0.3) is 0 Å². The van der Waals surface area contributed by atoms with Gasteiger partial charge in [-0.25, -0.2) is 15.0 Å². The maximum atomic E-state index is 11.5. The molecular weight excluding hydrogens is 218 g/mol. The Balaban J connectivity index is 2.61. The number of ketones is 1. The number of hydrogen-bond donors (Lipinski definition) is 0. The van der Waals surface area contributed by atoms with Gasteiger partial charge in [-0.3, -0.25) is 4.79 Å². The first-order chi connectivity index (χ1) is 8.22. The van der Waals surface area contributed by atoms with E-state index >= 15 is 0 Å². The molecular formula is C12H11N3O2. The predicted octanol–water partition coefficient (Wildman–Crippen LogP) is 1.75. The minimum atomic E-state index is -0.0809. The highest BCUT2D eigenvalue weighted by molar-refractivity contribution is 5.99. The van der Waals surface area contributed by atoms with Gasteiger partial charge in [0, 0.05) is 24.0 Å². The first-order valence-electron chi connectivity index (χ1n) is 5.05. The standard InChI is InChI=1S/C12H11N3O2/c1-8(16)9-4-5-10(17-2)15-11(9)12-13-6-3-7-14-12/h3-7H,1-2H3. The second-order valence-electron chi connectivity index (χ2n) is 3.38. The quantitative estimate of drug-likeness (QED) is 0.750. The molecule has 5 nitrogen and oxygen atoms in total. The molecule has 0 amide bonds. The number of carbonyl (C=O) groups excluding carboxylic acids is 1. The van der Waals surface area contributed by atoms with Crippen molar-refractivity contribution < 1.29 is 9.53 Å². The normalized spacial score (nSPS) is 10.0. The predicted molar refractivity (Wildman–Crippen MR) is 61.8 cm³/mol. The van der Waals surface area contributed by atoms with Crippen molar-refractivity contribution >= 4 is 5.78 Å². The molecule has 2 rings (SSSR count). The molecule has 0 spiro atoms. The summed E-state index contributed by atoms with van der Waals surface area (Å²) in [5.74, 6) is 0.761. The number of rotatable bonds is 3. The number of pyridine rings is 1.